The Kier molecular flexibility index (Phi) is 1.09. The van der Waals surface area contributed by atoms with Gasteiger partial charge in [-0.1, -0.05) is 13.8 Å². The minimum atomic E-state index is 1.04. The topological polar surface area (TPSA) is 0 Å². The van der Waals surface area contributed by atoms with Crippen LogP contribution in [-0.2, 0) is 0 Å². The summed E-state index contributed by atoms with van der Waals surface area (Å²) in [7, 11) is 0. The van der Waals surface area contributed by atoms with Crippen molar-refractivity contribution in [1.29, 1.82) is 0 Å². The van der Waals surface area contributed by atoms with Gasteiger partial charge in [0.1, 0.15) is 0 Å². The third kappa shape index (κ3) is 0.711. The first-order chi connectivity index (χ1) is 5.27. The van der Waals surface area contributed by atoms with Gasteiger partial charge >= 0.3 is 0 Å². The lowest BCUT2D eigenvalue weighted by Gasteiger charge is -2.48. The molecule has 0 radical (unpaired) electrons. The van der Waals surface area contributed by atoms with Gasteiger partial charge in [0, 0.05) is 0 Å². The summed E-state index contributed by atoms with van der Waals surface area (Å²) in [5.41, 5.74) is 0. The maximum atomic E-state index is 2.47. The molecule has 0 aliphatic heterocycles. The van der Waals surface area contributed by atoms with Crippen molar-refractivity contribution in [2.24, 2.45) is 35.5 Å². The second kappa shape index (κ2) is 1.84. The third-order valence-electron chi connectivity index (χ3n) is 4.87. The molecule has 3 fully saturated rings. The summed E-state index contributed by atoms with van der Waals surface area (Å²) in [6.45, 7) is 4.89. The van der Waals surface area contributed by atoms with Crippen LogP contribution in [0.3, 0.4) is 0 Å². The second-order valence-corrected chi connectivity index (χ2v) is 5.30. The van der Waals surface area contributed by atoms with Crippen LogP contribution < -0.4 is 0 Å². The molecule has 0 nitrogen and oxygen atoms in total. The van der Waals surface area contributed by atoms with Gasteiger partial charge in [0.2, 0.25) is 0 Å². The van der Waals surface area contributed by atoms with Crippen molar-refractivity contribution < 1.29 is 0 Å². The van der Waals surface area contributed by atoms with Crippen LogP contribution in [0.1, 0.15) is 33.1 Å². The summed E-state index contributed by atoms with van der Waals surface area (Å²) in [5.74, 6) is 6.86. The first-order valence-electron chi connectivity index (χ1n) is 5.27. The molecule has 0 aromatic rings. The van der Waals surface area contributed by atoms with E-state index < -0.39 is 0 Å². The fourth-order valence-corrected chi connectivity index (χ4v) is 3.54. The van der Waals surface area contributed by atoms with E-state index in [0.29, 0.717) is 0 Å². The highest BCUT2D eigenvalue weighted by atomic mass is 14.6. The van der Waals surface area contributed by atoms with Crippen LogP contribution in [-0.4, -0.2) is 0 Å². The highest BCUT2D eigenvalue weighted by molar-refractivity contribution is 5.07. The van der Waals surface area contributed by atoms with Crippen LogP contribution in [0.15, 0.2) is 0 Å². The highest BCUT2D eigenvalue weighted by Crippen LogP contribution is 2.66. The smallest absolute Gasteiger partial charge is 0.0349 e. The van der Waals surface area contributed by atoms with E-state index in [1.165, 1.54) is 17.8 Å². The predicted octanol–water partition coefficient (Wildman–Crippen LogP) is 2.93. The summed E-state index contributed by atoms with van der Waals surface area (Å²) < 4.78 is 0. The average Bonchev–Trinajstić information content (AvgIpc) is 2.60. The van der Waals surface area contributed by atoms with Crippen LogP contribution in [0.2, 0.25) is 0 Å². The van der Waals surface area contributed by atoms with Gasteiger partial charge in [-0.05, 0) is 54.8 Å². The Balaban J connectivity index is 1.64. The van der Waals surface area contributed by atoms with E-state index in [9.17, 15) is 0 Å². The maximum Gasteiger partial charge on any atom is -0.0349 e. The average molecular weight is 150 g/mol. The Morgan fingerprint density at radius 2 is 1.55 bits per heavy atom. The molecule has 0 heteroatoms. The Labute approximate surface area is 69.4 Å². The molecule has 0 bridgehead atoms. The summed E-state index contributed by atoms with van der Waals surface area (Å²) in [5, 5.41) is 0. The minimum Gasteiger partial charge on any atom is -0.0622 e. The lowest BCUT2D eigenvalue weighted by atomic mass is 9.57. The molecule has 11 heavy (non-hydrogen) atoms. The number of rotatable bonds is 1. The molecule has 0 saturated heterocycles. The second-order valence-electron chi connectivity index (χ2n) is 5.30. The van der Waals surface area contributed by atoms with E-state index in [4.69, 9.17) is 0 Å². The molecular weight excluding hydrogens is 132 g/mol. The van der Waals surface area contributed by atoms with E-state index >= 15 is 0 Å². The fraction of sp³-hybridized carbons (Fsp3) is 1.00. The van der Waals surface area contributed by atoms with Crippen LogP contribution in [0.4, 0.5) is 0 Å². The number of hydrogen-bond donors (Lipinski definition) is 0. The fourth-order valence-electron chi connectivity index (χ4n) is 3.54. The first-order valence-corrected chi connectivity index (χ1v) is 5.27. The summed E-state index contributed by atoms with van der Waals surface area (Å²) in [4.78, 5) is 0. The molecule has 0 aromatic carbocycles. The Hall–Kier alpha value is 0. The van der Waals surface area contributed by atoms with Gasteiger partial charge in [0.25, 0.3) is 0 Å². The van der Waals surface area contributed by atoms with Gasteiger partial charge in [-0.2, -0.15) is 0 Å². The van der Waals surface area contributed by atoms with Crippen molar-refractivity contribution in [2.75, 3.05) is 0 Å². The molecule has 3 aliphatic rings. The maximum absolute atomic E-state index is 2.47. The molecule has 3 aliphatic carbocycles. The van der Waals surface area contributed by atoms with Crippen molar-refractivity contribution in [3.8, 4) is 0 Å². The van der Waals surface area contributed by atoms with Gasteiger partial charge in [-0.25, -0.2) is 0 Å². The van der Waals surface area contributed by atoms with Crippen LogP contribution >= 0.6 is 0 Å². The molecule has 62 valence electrons. The van der Waals surface area contributed by atoms with Gasteiger partial charge in [0.05, 0.1) is 0 Å². The van der Waals surface area contributed by atoms with E-state index in [1.54, 1.807) is 19.3 Å². The Morgan fingerprint density at radius 1 is 0.818 bits per heavy atom. The largest absolute Gasteiger partial charge is 0.0622 e. The molecule has 6 atom stereocenters. The lowest BCUT2D eigenvalue weighted by Crippen LogP contribution is -2.41. The zero-order valence-corrected chi connectivity index (χ0v) is 7.59. The molecule has 0 spiro atoms. The molecule has 3 saturated carbocycles. The molecular formula is C11H18. The van der Waals surface area contributed by atoms with Crippen molar-refractivity contribution in [3.63, 3.8) is 0 Å². The summed E-state index contributed by atoms with van der Waals surface area (Å²) in [6, 6.07) is 0. The number of hydrogen-bond acceptors (Lipinski definition) is 0. The number of fused-ring (bicyclic) bond motifs is 1. The monoisotopic (exact) mass is 150 g/mol. The first kappa shape index (κ1) is 6.51. The Morgan fingerprint density at radius 3 is 1.91 bits per heavy atom. The van der Waals surface area contributed by atoms with Crippen molar-refractivity contribution in [2.45, 2.75) is 33.1 Å². The van der Waals surface area contributed by atoms with Gasteiger partial charge in [-0.3, -0.25) is 0 Å². The zero-order chi connectivity index (χ0) is 7.59. The van der Waals surface area contributed by atoms with Crippen molar-refractivity contribution in [1.82, 2.24) is 0 Å². The van der Waals surface area contributed by atoms with E-state index in [1.807, 2.05) is 0 Å². The molecule has 3 rings (SSSR count). The third-order valence-corrected chi connectivity index (χ3v) is 4.87. The molecule has 0 aromatic heterocycles. The summed E-state index contributed by atoms with van der Waals surface area (Å²) in [6.07, 6.45) is 4.75. The van der Waals surface area contributed by atoms with Crippen LogP contribution in [0.5, 0.6) is 0 Å². The predicted molar refractivity (Wildman–Crippen MR) is 46.1 cm³/mol. The Bertz CT molecular complexity index is 184. The quantitative estimate of drug-likeness (QED) is 0.539. The zero-order valence-electron chi connectivity index (χ0n) is 7.59. The van der Waals surface area contributed by atoms with E-state index in [2.05, 4.69) is 13.8 Å². The van der Waals surface area contributed by atoms with E-state index in [0.717, 1.165) is 17.8 Å². The van der Waals surface area contributed by atoms with Crippen molar-refractivity contribution >= 4 is 0 Å². The van der Waals surface area contributed by atoms with Gasteiger partial charge < -0.3 is 0 Å². The molecule has 6 unspecified atom stereocenters. The standard InChI is InChI=1S/C11H18/c1-6-3-9(7(6)2)11-5-8-4-10(8)11/h6-11H,3-5H2,1-2H3. The van der Waals surface area contributed by atoms with Crippen LogP contribution in [0.25, 0.3) is 0 Å². The SMILES string of the molecule is CC1CC(C2CC3CC32)C1C. The highest BCUT2D eigenvalue weighted by Gasteiger charge is 2.58. The lowest BCUT2D eigenvalue weighted by molar-refractivity contribution is 0.00590. The molecule has 0 amide bonds. The minimum absolute atomic E-state index is 1.04. The molecule has 0 N–H and O–H groups in total. The van der Waals surface area contributed by atoms with Crippen molar-refractivity contribution in [3.05, 3.63) is 0 Å². The van der Waals surface area contributed by atoms with Gasteiger partial charge in [0.15, 0.2) is 0 Å². The van der Waals surface area contributed by atoms with Gasteiger partial charge in [-0.15, -0.1) is 0 Å². The molecule has 0 heterocycles. The van der Waals surface area contributed by atoms with Crippen LogP contribution in [0, 0.1) is 35.5 Å². The normalized spacial score (nSPS) is 66.0. The van der Waals surface area contributed by atoms with E-state index in [-0.39, 0.29) is 0 Å². The summed E-state index contributed by atoms with van der Waals surface area (Å²) >= 11 is 0.